The second-order valence-electron chi connectivity index (χ2n) is 8.10. The van der Waals surface area contributed by atoms with Gasteiger partial charge in [0.1, 0.15) is 12.4 Å². The minimum atomic E-state index is 0.0438. The minimum Gasteiger partial charge on any atom is -0.494 e. The molecule has 2 aromatic rings. The number of benzene rings is 1. The number of aromatic nitrogens is 2. The van der Waals surface area contributed by atoms with Crippen LogP contribution in [0.15, 0.2) is 36.4 Å². The van der Waals surface area contributed by atoms with E-state index in [9.17, 15) is 0 Å². The SMILES string of the molecule is CCCCCCCOc1ccc(-c2ccc(OC[C@@H](C)OCCCCCC)nn2)cc1. The van der Waals surface area contributed by atoms with Gasteiger partial charge in [-0.2, -0.15) is 0 Å². The van der Waals surface area contributed by atoms with E-state index in [4.69, 9.17) is 14.2 Å². The van der Waals surface area contributed by atoms with Crippen LogP contribution in [-0.2, 0) is 4.74 Å². The van der Waals surface area contributed by atoms with E-state index in [0.717, 1.165) is 43.1 Å². The van der Waals surface area contributed by atoms with Crippen LogP contribution in [0.4, 0.5) is 0 Å². The molecule has 1 atom stereocenters. The highest BCUT2D eigenvalue weighted by Crippen LogP contribution is 2.21. The highest BCUT2D eigenvalue weighted by atomic mass is 16.5. The topological polar surface area (TPSA) is 53.5 Å². The first-order valence-electron chi connectivity index (χ1n) is 12.0. The van der Waals surface area contributed by atoms with Crippen LogP contribution < -0.4 is 9.47 Å². The molecule has 31 heavy (non-hydrogen) atoms. The van der Waals surface area contributed by atoms with Crippen molar-refractivity contribution in [1.82, 2.24) is 10.2 Å². The number of hydrogen-bond donors (Lipinski definition) is 0. The van der Waals surface area contributed by atoms with Gasteiger partial charge in [-0.1, -0.05) is 58.8 Å². The van der Waals surface area contributed by atoms with E-state index in [1.165, 1.54) is 44.9 Å². The van der Waals surface area contributed by atoms with E-state index in [1.807, 2.05) is 43.3 Å². The first kappa shape index (κ1) is 25.1. The van der Waals surface area contributed by atoms with Crippen molar-refractivity contribution >= 4 is 0 Å². The van der Waals surface area contributed by atoms with Crippen molar-refractivity contribution in [3.05, 3.63) is 36.4 Å². The number of rotatable bonds is 17. The van der Waals surface area contributed by atoms with Crippen molar-refractivity contribution in [3.63, 3.8) is 0 Å². The lowest BCUT2D eigenvalue weighted by atomic mass is 10.1. The normalized spacial score (nSPS) is 12.0. The Hall–Kier alpha value is -2.14. The summed E-state index contributed by atoms with van der Waals surface area (Å²) in [6, 6.07) is 11.8. The zero-order valence-electron chi connectivity index (χ0n) is 19.6. The fourth-order valence-corrected chi connectivity index (χ4v) is 3.23. The van der Waals surface area contributed by atoms with Crippen LogP contribution in [0.5, 0.6) is 11.6 Å². The molecule has 5 nitrogen and oxygen atoms in total. The Morgan fingerprint density at radius 3 is 2.06 bits per heavy atom. The number of nitrogens with zero attached hydrogens (tertiary/aromatic N) is 2. The molecule has 0 aliphatic carbocycles. The van der Waals surface area contributed by atoms with E-state index in [2.05, 4.69) is 24.0 Å². The van der Waals surface area contributed by atoms with Gasteiger partial charge in [-0.25, -0.2) is 0 Å². The zero-order valence-corrected chi connectivity index (χ0v) is 19.6. The quantitative estimate of drug-likeness (QED) is 0.258. The molecule has 0 aliphatic heterocycles. The fourth-order valence-electron chi connectivity index (χ4n) is 3.23. The summed E-state index contributed by atoms with van der Waals surface area (Å²) >= 11 is 0. The maximum absolute atomic E-state index is 5.83. The van der Waals surface area contributed by atoms with E-state index in [-0.39, 0.29) is 6.10 Å². The van der Waals surface area contributed by atoms with Crippen LogP contribution in [0.2, 0.25) is 0 Å². The average Bonchev–Trinajstić information content (AvgIpc) is 2.80. The van der Waals surface area contributed by atoms with Crippen molar-refractivity contribution in [2.75, 3.05) is 19.8 Å². The molecule has 0 bridgehead atoms. The molecule has 0 aliphatic rings. The van der Waals surface area contributed by atoms with Crippen molar-refractivity contribution < 1.29 is 14.2 Å². The average molecular weight is 429 g/mol. The summed E-state index contributed by atoms with van der Waals surface area (Å²) in [5.41, 5.74) is 1.83. The predicted molar refractivity (Wildman–Crippen MR) is 127 cm³/mol. The second-order valence-corrected chi connectivity index (χ2v) is 8.10. The van der Waals surface area contributed by atoms with Gasteiger partial charge in [-0.15, -0.1) is 10.2 Å². The van der Waals surface area contributed by atoms with Gasteiger partial charge in [0.25, 0.3) is 0 Å². The Balaban J connectivity index is 1.69. The molecule has 5 heteroatoms. The molecule has 2 rings (SSSR count). The standard InChI is InChI=1S/C26H40N2O3/c1-4-6-8-10-12-20-30-24-15-13-23(14-16-24)25-17-18-26(28-27-25)31-21-22(3)29-19-11-9-7-5-2/h13-18,22H,4-12,19-21H2,1-3H3/t22-/m1/s1. The van der Waals surface area contributed by atoms with E-state index in [1.54, 1.807) is 0 Å². The molecule has 0 amide bonds. The van der Waals surface area contributed by atoms with Gasteiger partial charge in [-0.05, 0) is 50.1 Å². The Labute approximate surface area is 188 Å². The monoisotopic (exact) mass is 428 g/mol. The molecule has 0 N–H and O–H groups in total. The highest BCUT2D eigenvalue weighted by Gasteiger charge is 2.06. The number of unbranched alkanes of at least 4 members (excludes halogenated alkanes) is 7. The van der Waals surface area contributed by atoms with Crippen molar-refractivity contribution in [2.24, 2.45) is 0 Å². The summed E-state index contributed by atoms with van der Waals surface area (Å²) in [5.74, 6) is 1.42. The van der Waals surface area contributed by atoms with Gasteiger partial charge >= 0.3 is 0 Å². The first-order chi connectivity index (χ1) is 15.2. The minimum absolute atomic E-state index is 0.0438. The lowest BCUT2D eigenvalue weighted by Crippen LogP contribution is -2.19. The Morgan fingerprint density at radius 1 is 0.710 bits per heavy atom. The largest absolute Gasteiger partial charge is 0.494 e. The lowest BCUT2D eigenvalue weighted by Gasteiger charge is -2.13. The van der Waals surface area contributed by atoms with E-state index in [0.29, 0.717) is 12.5 Å². The predicted octanol–water partition coefficient (Wildman–Crippen LogP) is 6.86. The van der Waals surface area contributed by atoms with Crippen LogP contribution in [-0.4, -0.2) is 36.1 Å². The van der Waals surface area contributed by atoms with Gasteiger partial charge in [0.2, 0.25) is 5.88 Å². The van der Waals surface area contributed by atoms with Crippen molar-refractivity contribution in [1.29, 1.82) is 0 Å². The summed E-state index contributed by atoms with van der Waals surface area (Å²) in [4.78, 5) is 0. The van der Waals surface area contributed by atoms with Crippen molar-refractivity contribution in [3.8, 4) is 22.9 Å². The Kier molecular flexibility index (Phi) is 12.7. The third-order valence-electron chi connectivity index (χ3n) is 5.17. The van der Waals surface area contributed by atoms with Gasteiger partial charge in [0.05, 0.1) is 18.4 Å². The summed E-state index contributed by atoms with van der Waals surface area (Å²) in [5, 5.41) is 8.50. The maximum Gasteiger partial charge on any atom is 0.233 e. The highest BCUT2D eigenvalue weighted by molar-refractivity contribution is 5.59. The molecular formula is C26H40N2O3. The maximum atomic E-state index is 5.83. The summed E-state index contributed by atoms with van der Waals surface area (Å²) < 4.78 is 17.3. The fraction of sp³-hybridized carbons (Fsp3) is 0.615. The van der Waals surface area contributed by atoms with Gasteiger partial charge < -0.3 is 14.2 Å². The van der Waals surface area contributed by atoms with Crippen LogP contribution in [0.3, 0.4) is 0 Å². The molecular weight excluding hydrogens is 388 g/mol. The lowest BCUT2D eigenvalue weighted by molar-refractivity contribution is 0.0289. The summed E-state index contributed by atoms with van der Waals surface area (Å²) in [6.07, 6.45) is 11.1. The Bertz CT molecular complexity index is 689. The van der Waals surface area contributed by atoms with E-state index >= 15 is 0 Å². The summed E-state index contributed by atoms with van der Waals surface area (Å²) in [6.45, 7) is 8.51. The molecule has 0 saturated heterocycles. The molecule has 0 unspecified atom stereocenters. The van der Waals surface area contributed by atoms with Gasteiger partial charge in [-0.3, -0.25) is 0 Å². The smallest absolute Gasteiger partial charge is 0.233 e. The van der Waals surface area contributed by atoms with Crippen LogP contribution >= 0.6 is 0 Å². The zero-order chi connectivity index (χ0) is 22.2. The molecule has 0 spiro atoms. The van der Waals surface area contributed by atoms with Gasteiger partial charge in [0.15, 0.2) is 0 Å². The second kappa shape index (κ2) is 15.6. The van der Waals surface area contributed by atoms with Crippen LogP contribution in [0.25, 0.3) is 11.3 Å². The third-order valence-corrected chi connectivity index (χ3v) is 5.17. The Morgan fingerprint density at radius 2 is 1.39 bits per heavy atom. The van der Waals surface area contributed by atoms with Gasteiger partial charge in [0, 0.05) is 18.2 Å². The molecule has 172 valence electrons. The van der Waals surface area contributed by atoms with E-state index < -0.39 is 0 Å². The van der Waals surface area contributed by atoms with Crippen molar-refractivity contribution in [2.45, 2.75) is 84.7 Å². The molecule has 0 radical (unpaired) electrons. The van der Waals surface area contributed by atoms with Crippen LogP contribution in [0, 0.1) is 0 Å². The third kappa shape index (κ3) is 10.6. The first-order valence-corrected chi connectivity index (χ1v) is 12.0. The molecule has 0 fully saturated rings. The van der Waals surface area contributed by atoms with Crippen LogP contribution in [0.1, 0.15) is 78.6 Å². The molecule has 0 saturated carbocycles. The summed E-state index contributed by atoms with van der Waals surface area (Å²) in [7, 11) is 0. The number of ether oxygens (including phenoxy) is 3. The molecule has 1 heterocycles. The molecule has 1 aromatic carbocycles. The number of hydrogen-bond acceptors (Lipinski definition) is 5. The molecule has 1 aromatic heterocycles.